The van der Waals surface area contributed by atoms with Crippen molar-refractivity contribution in [2.24, 2.45) is 0 Å². The fourth-order valence-electron chi connectivity index (χ4n) is 11.0. The van der Waals surface area contributed by atoms with Gasteiger partial charge >= 0.3 is 5.97 Å². The number of carbonyl (C=O) groups excluding carboxylic acids is 2. The van der Waals surface area contributed by atoms with Crippen molar-refractivity contribution in [1.82, 2.24) is 5.32 Å². The lowest BCUT2D eigenvalue weighted by molar-refractivity contribution is -0.143. The molecular weight excluding hydrogens is 959 g/mol. The quantitative estimate of drug-likeness (QED) is 0.0320. The average molecular weight is 1100 g/mol. The number of aliphatic hydroxyl groups is 2. The minimum absolute atomic E-state index is 0.00780. The molecule has 3 N–H and O–H groups in total. The van der Waals surface area contributed by atoms with Crippen LogP contribution in [0.1, 0.15) is 386 Å². The molecule has 0 rings (SSSR count). The van der Waals surface area contributed by atoms with Crippen molar-refractivity contribution in [2.45, 2.75) is 398 Å². The lowest BCUT2D eigenvalue weighted by Gasteiger charge is -2.20. The van der Waals surface area contributed by atoms with Crippen LogP contribution in [0.4, 0.5) is 0 Å². The van der Waals surface area contributed by atoms with Crippen LogP contribution in [0.2, 0.25) is 0 Å². The molecule has 6 heteroatoms. The molecule has 0 aliphatic carbocycles. The zero-order valence-electron chi connectivity index (χ0n) is 52.7. The Hall–Kier alpha value is -1.92. The van der Waals surface area contributed by atoms with E-state index in [9.17, 15) is 19.8 Å². The number of allylic oxidation sites excluding steroid dienone is 5. The maximum Gasteiger partial charge on any atom is 0.305 e. The van der Waals surface area contributed by atoms with Crippen molar-refractivity contribution >= 4 is 11.9 Å². The Labute approximate surface area is 487 Å². The molecule has 0 saturated heterocycles. The SMILES string of the molecule is CCCCCCCC/C=C\CCCCCCCCCCCC(=O)OCCCCCCCCCCCC/C=C\CCCCCCCCCC(=O)NC(CO)C(O)/C=C/CCCCCCCCCCCCCCCCCCCCC. The van der Waals surface area contributed by atoms with E-state index in [1.807, 2.05) is 6.08 Å². The molecule has 0 aromatic rings. The number of carbonyl (C=O) groups is 2. The van der Waals surface area contributed by atoms with E-state index in [4.69, 9.17) is 4.74 Å². The van der Waals surface area contributed by atoms with E-state index < -0.39 is 12.1 Å². The van der Waals surface area contributed by atoms with Crippen LogP contribution in [0, 0.1) is 0 Å². The molecule has 0 bridgehead atoms. The number of hydrogen-bond acceptors (Lipinski definition) is 5. The van der Waals surface area contributed by atoms with Crippen LogP contribution in [-0.4, -0.2) is 47.4 Å². The molecule has 0 aromatic carbocycles. The maximum absolute atomic E-state index is 12.5. The Kier molecular flexibility index (Phi) is 65.9. The van der Waals surface area contributed by atoms with Gasteiger partial charge in [-0.25, -0.2) is 0 Å². The molecule has 0 heterocycles. The van der Waals surface area contributed by atoms with Crippen molar-refractivity contribution in [3.05, 3.63) is 36.5 Å². The summed E-state index contributed by atoms with van der Waals surface area (Å²) in [5.74, 6) is -0.0646. The summed E-state index contributed by atoms with van der Waals surface area (Å²) in [6, 6.07) is -0.635. The summed E-state index contributed by atoms with van der Waals surface area (Å²) in [7, 11) is 0. The Morgan fingerprint density at radius 2 is 0.603 bits per heavy atom. The first-order chi connectivity index (χ1) is 38.5. The van der Waals surface area contributed by atoms with Crippen LogP contribution in [-0.2, 0) is 14.3 Å². The molecule has 1 amide bonds. The number of esters is 1. The summed E-state index contributed by atoms with van der Waals surface area (Å²) in [6.45, 7) is 4.93. The van der Waals surface area contributed by atoms with E-state index >= 15 is 0 Å². The average Bonchev–Trinajstić information content (AvgIpc) is 3.44. The predicted octanol–water partition coefficient (Wildman–Crippen LogP) is 22.7. The van der Waals surface area contributed by atoms with Gasteiger partial charge in [0.05, 0.1) is 25.4 Å². The van der Waals surface area contributed by atoms with E-state index in [0.29, 0.717) is 19.4 Å². The second-order valence-corrected chi connectivity index (χ2v) is 24.2. The van der Waals surface area contributed by atoms with Crippen molar-refractivity contribution in [1.29, 1.82) is 0 Å². The van der Waals surface area contributed by atoms with Gasteiger partial charge in [0.2, 0.25) is 5.91 Å². The number of aliphatic hydroxyl groups excluding tert-OH is 2. The van der Waals surface area contributed by atoms with Crippen LogP contribution >= 0.6 is 0 Å². The first-order valence-electron chi connectivity index (χ1n) is 35.3. The fraction of sp³-hybridized carbons (Fsp3) is 0.889. The maximum atomic E-state index is 12.5. The summed E-state index contributed by atoms with van der Waals surface area (Å²) in [5.41, 5.74) is 0. The van der Waals surface area contributed by atoms with Crippen LogP contribution in [0.5, 0.6) is 0 Å². The molecule has 0 saturated carbocycles. The first kappa shape index (κ1) is 76.1. The van der Waals surface area contributed by atoms with Gasteiger partial charge in [-0.1, -0.05) is 326 Å². The zero-order chi connectivity index (χ0) is 56.4. The lowest BCUT2D eigenvalue weighted by Crippen LogP contribution is -2.45. The normalized spacial score (nSPS) is 12.7. The molecule has 2 atom stereocenters. The number of amides is 1. The minimum Gasteiger partial charge on any atom is -0.466 e. The van der Waals surface area contributed by atoms with Gasteiger partial charge in [-0.15, -0.1) is 0 Å². The highest BCUT2D eigenvalue weighted by atomic mass is 16.5. The van der Waals surface area contributed by atoms with Crippen molar-refractivity contribution < 1.29 is 24.5 Å². The molecule has 0 spiro atoms. The van der Waals surface area contributed by atoms with E-state index in [1.54, 1.807) is 6.08 Å². The summed E-state index contributed by atoms with van der Waals surface area (Å²) >= 11 is 0. The van der Waals surface area contributed by atoms with Gasteiger partial charge in [0, 0.05) is 12.8 Å². The minimum atomic E-state index is -0.851. The van der Waals surface area contributed by atoms with Gasteiger partial charge < -0.3 is 20.3 Å². The topological polar surface area (TPSA) is 95.9 Å². The number of rotatable bonds is 66. The van der Waals surface area contributed by atoms with Crippen LogP contribution in [0.25, 0.3) is 0 Å². The van der Waals surface area contributed by atoms with Gasteiger partial charge in [0.1, 0.15) is 0 Å². The number of nitrogens with one attached hydrogen (secondary N) is 1. The van der Waals surface area contributed by atoms with Crippen LogP contribution in [0.3, 0.4) is 0 Å². The van der Waals surface area contributed by atoms with E-state index in [0.717, 1.165) is 51.4 Å². The molecule has 0 aliphatic heterocycles. The third kappa shape index (κ3) is 63.3. The number of ether oxygens (including phenoxy) is 1. The highest BCUT2D eigenvalue weighted by molar-refractivity contribution is 5.76. The van der Waals surface area contributed by atoms with E-state index in [2.05, 4.69) is 43.5 Å². The van der Waals surface area contributed by atoms with Crippen molar-refractivity contribution in [3.8, 4) is 0 Å². The number of hydrogen-bond donors (Lipinski definition) is 3. The highest BCUT2D eigenvalue weighted by Crippen LogP contribution is 2.18. The Bertz CT molecular complexity index is 1260. The first-order valence-corrected chi connectivity index (χ1v) is 35.3. The second-order valence-electron chi connectivity index (χ2n) is 24.2. The Morgan fingerprint density at radius 3 is 0.910 bits per heavy atom. The van der Waals surface area contributed by atoms with E-state index in [1.165, 1.54) is 308 Å². The third-order valence-electron chi connectivity index (χ3n) is 16.4. The standard InChI is InChI=1S/C72H137NO5/c1-3-5-7-9-11-13-15-17-19-21-23-25-29-32-36-40-44-48-52-56-60-64-70(75)69(68-74)73-71(76)65-61-57-53-49-45-41-37-33-30-26-24-27-31-35-39-43-47-51-55-59-63-67-78-72(77)66-62-58-54-50-46-42-38-34-28-22-20-18-16-14-12-10-8-6-4-2/h18,20,26,30,60,64,69-70,74-75H,3-17,19,21-25,27-29,31-59,61-63,65-68H2,1-2H3,(H,73,76)/b20-18-,30-26-,64-60+. The Morgan fingerprint density at radius 1 is 0.346 bits per heavy atom. The van der Waals surface area contributed by atoms with Crippen molar-refractivity contribution in [2.75, 3.05) is 13.2 Å². The van der Waals surface area contributed by atoms with Gasteiger partial charge in [-0.05, 0) is 83.5 Å². The van der Waals surface area contributed by atoms with E-state index in [-0.39, 0.29) is 18.5 Å². The van der Waals surface area contributed by atoms with Gasteiger partial charge in [0.25, 0.3) is 0 Å². The molecular formula is C72H137NO5. The molecule has 78 heavy (non-hydrogen) atoms. The summed E-state index contributed by atoms with van der Waals surface area (Å²) in [5, 5.41) is 23.2. The molecule has 460 valence electrons. The van der Waals surface area contributed by atoms with Gasteiger partial charge in [0.15, 0.2) is 0 Å². The molecule has 0 radical (unpaired) electrons. The second kappa shape index (κ2) is 67.6. The molecule has 2 unspecified atom stereocenters. The smallest absolute Gasteiger partial charge is 0.305 e. The van der Waals surface area contributed by atoms with Gasteiger partial charge in [-0.3, -0.25) is 9.59 Å². The molecule has 0 aliphatic rings. The Balaban J connectivity index is 3.43. The highest BCUT2D eigenvalue weighted by Gasteiger charge is 2.18. The lowest BCUT2D eigenvalue weighted by atomic mass is 10.0. The van der Waals surface area contributed by atoms with Gasteiger partial charge in [-0.2, -0.15) is 0 Å². The zero-order valence-corrected chi connectivity index (χ0v) is 52.7. The monoisotopic (exact) mass is 1100 g/mol. The van der Waals surface area contributed by atoms with Crippen LogP contribution < -0.4 is 5.32 Å². The summed E-state index contributed by atoms with van der Waals surface area (Å²) in [4.78, 5) is 24.6. The fourth-order valence-corrected chi connectivity index (χ4v) is 11.0. The predicted molar refractivity (Wildman–Crippen MR) is 343 cm³/mol. The van der Waals surface area contributed by atoms with Crippen molar-refractivity contribution in [3.63, 3.8) is 0 Å². The molecule has 6 nitrogen and oxygen atoms in total. The third-order valence-corrected chi connectivity index (χ3v) is 16.4. The molecule has 0 aromatic heterocycles. The molecule has 0 fully saturated rings. The number of unbranched alkanes of at least 4 members (excludes halogenated alkanes) is 51. The summed E-state index contributed by atoms with van der Waals surface area (Å²) in [6.07, 6.45) is 86.4. The largest absolute Gasteiger partial charge is 0.466 e. The van der Waals surface area contributed by atoms with Crippen LogP contribution in [0.15, 0.2) is 36.5 Å². The summed E-state index contributed by atoms with van der Waals surface area (Å²) < 4.78 is 5.50.